The Hall–Kier alpha value is -0.570. The molecule has 0 saturated heterocycles. The molecule has 2 N–H and O–H groups in total. The number of carboxylic acids is 1. The Kier molecular flexibility index (Phi) is 2.99. The zero-order chi connectivity index (χ0) is 11.8. The van der Waals surface area contributed by atoms with Crippen LogP contribution in [0.15, 0.2) is 0 Å². The minimum Gasteiger partial charge on any atom is -0.480 e. The molecule has 3 nitrogen and oxygen atoms in total. The van der Waals surface area contributed by atoms with Gasteiger partial charge in [0.15, 0.2) is 0 Å². The van der Waals surface area contributed by atoms with Gasteiger partial charge in [0.2, 0.25) is 0 Å². The summed E-state index contributed by atoms with van der Waals surface area (Å²) < 4.78 is 0. The van der Waals surface area contributed by atoms with Crippen LogP contribution in [0.4, 0.5) is 0 Å². The molecule has 0 aromatic rings. The van der Waals surface area contributed by atoms with E-state index in [2.05, 4.69) is 19.2 Å². The fourth-order valence-electron chi connectivity index (χ4n) is 2.48. The number of hydrogen-bond acceptors (Lipinski definition) is 2. The van der Waals surface area contributed by atoms with Gasteiger partial charge in [0.05, 0.1) is 0 Å². The average Bonchev–Trinajstić information content (AvgIpc) is 3.00. The van der Waals surface area contributed by atoms with E-state index in [1.165, 1.54) is 12.8 Å². The summed E-state index contributed by atoms with van der Waals surface area (Å²) in [6.45, 7) is 5.37. The predicted octanol–water partition coefficient (Wildman–Crippen LogP) is 2.41. The molecule has 0 aromatic carbocycles. The maximum Gasteiger partial charge on any atom is 0.323 e. The van der Waals surface area contributed by atoms with Crippen LogP contribution in [-0.2, 0) is 4.79 Å². The summed E-state index contributed by atoms with van der Waals surface area (Å²) in [5.74, 6) is 0.0924. The first-order valence-electron chi connectivity index (χ1n) is 6.42. The first kappa shape index (κ1) is 11.9. The Morgan fingerprint density at radius 1 is 1.25 bits per heavy atom. The van der Waals surface area contributed by atoms with E-state index in [1.807, 2.05) is 0 Å². The van der Waals surface area contributed by atoms with E-state index in [1.54, 1.807) is 0 Å². The van der Waals surface area contributed by atoms with Crippen molar-refractivity contribution >= 4 is 5.97 Å². The number of hydrogen-bond donors (Lipinski definition) is 2. The molecule has 16 heavy (non-hydrogen) atoms. The van der Waals surface area contributed by atoms with Crippen molar-refractivity contribution < 1.29 is 9.90 Å². The first-order valence-corrected chi connectivity index (χ1v) is 6.42. The van der Waals surface area contributed by atoms with Crippen LogP contribution in [0, 0.1) is 11.3 Å². The van der Waals surface area contributed by atoms with E-state index in [0.717, 1.165) is 38.1 Å². The summed E-state index contributed by atoms with van der Waals surface area (Å²) in [4.78, 5) is 11.5. The van der Waals surface area contributed by atoms with Crippen molar-refractivity contribution in [3.63, 3.8) is 0 Å². The first-order chi connectivity index (χ1) is 7.44. The fourth-order valence-corrected chi connectivity index (χ4v) is 2.48. The van der Waals surface area contributed by atoms with Gasteiger partial charge in [-0.15, -0.1) is 0 Å². The maximum atomic E-state index is 11.5. The third kappa shape index (κ3) is 2.57. The van der Waals surface area contributed by atoms with Gasteiger partial charge in [-0.2, -0.15) is 0 Å². The molecule has 2 saturated carbocycles. The molecular formula is C13H23NO2. The van der Waals surface area contributed by atoms with Gasteiger partial charge >= 0.3 is 5.97 Å². The Morgan fingerprint density at radius 3 is 2.25 bits per heavy atom. The van der Waals surface area contributed by atoms with Crippen molar-refractivity contribution in [2.24, 2.45) is 11.3 Å². The van der Waals surface area contributed by atoms with E-state index < -0.39 is 11.5 Å². The average molecular weight is 225 g/mol. The molecule has 0 spiro atoms. The highest BCUT2D eigenvalue weighted by Crippen LogP contribution is 2.41. The molecule has 2 aliphatic rings. The number of aliphatic carboxylic acids is 1. The van der Waals surface area contributed by atoms with Gasteiger partial charge in [-0.25, -0.2) is 0 Å². The van der Waals surface area contributed by atoms with Crippen LogP contribution in [0.1, 0.15) is 52.4 Å². The lowest BCUT2D eigenvalue weighted by Gasteiger charge is -2.41. The van der Waals surface area contributed by atoms with Crippen LogP contribution in [-0.4, -0.2) is 23.2 Å². The van der Waals surface area contributed by atoms with Crippen LogP contribution in [0.2, 0.25) is 0 Å². The Balaban J connectivity index is 1.96. The second-order valence-electron chi connectivity index (χ2n) is 6.38. The van der Waals surface area contributed by atoms with Crippen molar-refractivity contribution in [2.75, 3.05) is 6.54 Å². The highest BCUT2D eigenvalue weighted by atomic mass is 16.4. The van der Waals surface area contributed by atoms with E-state index in [9.17, 15) is 9.90 Å². The Labute approximate surface area is 97.6 Å². The summed E-state index contributed by atoms with van der Waals surface area (Å²) in [5, 5.41) is 12.8. The van der Waals surface area contributed by atoms with Crippen LogP contribution in [0.5, 0.6) is 0 Å². The van der Waals surface area contributed by atoms with E-state index in [-0.39, 0.29) is 0 Å². The standard InChI is InChI=1S/C13H23NO2/c1-12(2)5-7-13(8-6-12,11(15)16)14-9-10-3-4-10/h10,14H,3-9H2,1-2H3,(H,15,16). The molecular weight excluding hydrogens is 202 g/mol. The molecule has 0 radical (unpaired) electrons. The quantitative estimate of drug-likeness (QED) is 0.772. The molecule has 0 heterocycles. The minimum absolute atomic E-state index is 0.320. The Morgan fingerprint density at radius 2 is 1.81 bits per heavy atom. The van der Waals surface area contributed by atoms with Crippen molar-refractivity contribution in [1.29, 1.82) is 0 Å². The molecule has 0 aromatic heterocycles. The van der Waals surface area contributed by atoms with Crippen LogP contribution in [0.25, 0.3) is 0 Å². The van der Waals surface area contributed by atoms with Gasteiger partial charge in [0, 0.05) is 0 Å². The van der Waals surface area contributed by atoms with Gasteiger partial charge in [0.25, 0.3) is 0 Å². The maximum absolute atomic E-state index is 11.5. The van der Waals surface area contributed by atoms with Crippen molar-refractivity contribution in [2.45, 2.75) is 57.9 Å². The van der Waals surface area contributed by atoms with Crippen LogP contribution >= 0.6 is 0 Å². The van der Waals surface area contributed by atoms with Gasteiger partial charge in [-0.05, 0) is 56.4 Å². The van der Waals surface area contributed by atoms with Gasteiger partial charge in [0.1, 0.15) is 5.54 Å². The van der Waals surface area contributed by atoms with Crippen molar-refractivity contribution in [1.82, 2.24) is 5.32 Å². The molecule has 2 aliphatic carbocycles. The lowest BCUT2D eigenvalue weighted by molar-refractivity contribution is -0.147. The van der Waals surface area contributed by atoms with Crippen LogP contribution in [0.3, 0.4) is 0 Å². The zero-order valence-corrected chi connectivity index (χ0v) is 10.4. The SMILES string of the molecule is CC1(C)CCC(NCC2CC2)(C(=O)O)CC1. The number of nitrogens with one attached hydrogen (secondary N) is 1. The molecule has 0 aliphatic heterocycles. The van der Waals surface area contributed by atoms with Crippen molar-refractivity contribution in [3.05, 3.63) is 0 Å². The predicted molar refractivity (Wildman–Crippen MR) is 63.3 cm³/mol. The minimum atomic E-state index is -0.649. The van der Waals surface area contributed by atoms with Crippen LogP contribution < -0.4 is 5.32 Å². The molecule has 0 unspecified atom stereocenters. The topological polar surface area (TPSA) is 49.3 Å². The van der Waals surface area contributed by atoms with Gasteiger partial charge < -0.3 is 10.4 Å². The molecule has 0 atom stereocenters. The molecule has 2 rings (SSSR count). The molecule has 0 amide bonds. The second-order valence-corrected chi connectivity index (χ2v) is 6.38. The van der Waals surface area contributed by atoms with Gasteiger partial charge in [-0.3, -0.25) is 4.79 Å². The lowest BCUT2D eigenvalue weighted by atomic mass is 9.69. The summed E-state index contributed by atoms with van der Waals surface area (Å²) in [5.41, 5.74) is -0.307. The molecule has 2 fully saturated rings. The third-order valence-electron chi connectivity index (χ3n) is 4.29. The van der Waals surface area contributed by atoms with E-state index in [4.69, 9.17) is 0 Å². The summed E-state index contributed by atoms with van der Waals surface area (Å²) >= 11 is 0. The lowest BCUT2D eigenvalue weighted by Crippen LogP contribution is -2.55. The fraction of sp³-hybridized carbons (Fsp3) is 0.923. The molecule has 0 bridgehead atoms. The van der Waals surface area contributed by atoms with E-state index >= 15 is 0 Å². The second kappa shape index (κ2) is 4.02. The zero-order valence-electron chi connectivity index (χ0n) is 10.4. The summed E-state index contributed by atoms with van der Waals surface area (Å²) in [7, 11) is 0. The number of rotatable bonds is 4. The third-order valence-corrected chi connectivity index (χ3v) is 4.29. The molecule has 92 valence electrons. The Bertz CT molecular complexity index is 266. The number of carbonyl (C=O) groups is 1. The highest BCUT2D eigenvalue weighted by Gasteiger charge is 2.44. The van der Waals surface area contributed by atoms with E-state index in [0.29, 0.717) is 5.41 Å². The normalized spacial score (nSPS) is 27.6. The van der Waals surface area contributed by atoms with Crippen molar-refractivity contribution in [3.8, 4) is 0 Å². The highest BCUT2D eigenvalue weighted by molar-refractivity contribution is 5.79. The van der Waals surface area contributed by atoms with Gasteiger partial charge in [-0.1, -0.05) is 13.8 Å². The monoisotopic (exact) mass is 225 g/mol. The summed E-state index contributed by atoms with van der Waals surface area (Å²) in [6, 6.07) is 0. The smallest absolute Gasteiger partial charge is 0.323 e. The molecule has 3 heteroatoms. The largest absolute Gasteiger partial charge is 0.480 e. The summed E-state index contributed by atoms with van der Waals surface area (Å²) in [6.07, 6.45) is 6.13. The number of carboxylic acid groups (broad SMARTS) is 1.